The van der Waals surface area contributed by atoms with Crippen LogP contribution in [0.4, 0.5) is 0 Å². The number of carbonyl (C=O) groups is 1. The zero-order chi connectivity index (χ0) is 21.9. The number of thiazole rings is 1. The summed E-state index contributed by atoms with van der Waals surface area (Å²) >= 11 is 1.15. The summed E-state index contributed by atoms with van der Waals surface area (Å²) in [6.07, 6.45) is 4.04. The number of hydrogen-bond donors (Lipinski definition) is 0. The van der Waals surface area contributed by atoms with Crippen molar-refractivity contribution in [1.82, 2.24) is 4.98 Å². The first-order chi connectivity index (χ1) is 14.3. The van der Waals surface area contributed by atoms with Crippen LogP contribution in [0.25, 0.3) is 10.2 Å². The zero-order valence-corrected chi connectivity index (χ0v) is 19.7. The lowest BCUT2D eigenvalue weighted by atomic mass is 9.93. The second-order valence-electron chi connectivity index (χ2n) is 7.97. The van der Waals surface area contributed by atoms with Crippen LogP contribution in [-0.4, -0.2) is 24.4 Å². The molecule has 0 aliphatic rings. The fraction of sp³-hybridized carbons (Fsp3) is 0.417. The number of ketones is 1. The fourth-order valence-corrected chi connectivity index (χ4v) is 7.13. The number of aromatic nitrogens is 1. The average molecular weight is 444 g/mol. The third-order valence-electron chi connectivity index (χ3n) is 5.43. The Bertz CT molecular complexity index is 1110. The first-order valence-electron chi connectivity index (χ1n) is 10.5. The van der Waals surface area contributed by atoms with Crippen LogP contribution in [0, 0.1) is 20.8 Å². The van der Waals surface area contributed by atoms with E-state index in [0.717, 1.165) is 52.0 Å². The van der Waals surface area contributed by atoms with Crippen LogP contribution in [-0.2, 0) is 9.84 Å². The van der Waals surface area contributed by atoms with Gasteiger partial charge >= 0.3 is 0 Å². The van der Waals surface area contributed by atoms with Crippen LogP contribution in [0.15, 0.2) is 40.7 Å². The second-order valence-corrected chi connectivity index (χ2v) is 11.3. The summed E-state index contributed by atoms with van der Waals surface area (Å²) < 4.78 is 28.1. The van der Waals surface area contributed by atoms with Crippen molar-refractivity contribution in [2.24, 2.45) is 0 Å². The van der Waals surface area contributed by atoms with Crippen molar-refractivity contribution in [3.63, 3.8) is 0 Å². The molecule has 6 heteroatoms. The largest absolute Gasteiger partial charge is 0.293 e. The number of rotatable bonds is 9. The van der Waals surface area contributed by atoms with Crippen molar-refractivity contribution >= 4 is 37.2 Å². The maximum atomic E-state index is 13.6. The molecule has 4 nitrogen and oxygen atoms in total. The Hall–Kier alpha value is -2.05. The molecule has 0 N–H and O–H groups in total. The van der Waals surface area contributed by atoms with Gasteiger partial charge in [0.15, 0.2) is 5.78 Å². The Kier molecular flexibility index (Phi) is 7.09. The maximum absolute atomic E-state index is 13.6. The molecule has 1 unspecified atom stereocenters. The van der Waals surface area contributed by atoms with E-state index in [1.54, 1.807) is 6.07 Å². The SMILES string of the molecule is CCCCCCC(C(=O)c1c(C)cc(C)cc1C)S(=O)(=O)c1nc2ccccc2s1. The summed E-state index contributed by atoms with van der Waals surface area (Å²) in [7, 11) is -3.88. The Morgan fingerprint density at radius 1 is 1.03 bits per heavy atom. The van der Waals surface area contributed by atoms with Gasteiger partial charge in [-0.05, 0) is 50.5 Å². The normalized spacial score (nSPS) is 12.9. The highest BCUT2D eigenvalue weighted by Crippen LogP contribution is 2.32. The molecule has 0 fully saturated rings. The summed E-state index contributed by atoms with van der Waals surface area (Å²) in [6, 6.07) is 11.3. The Balaban J connectivity index is 2.04. The minimum Gasteiger partial charge on any atom is -0.293 e. The van der Waals surface area contributed by atoms with Gasteiger partial charge in [0.25, 0.3) is 0 Å². The van der Waals surface area contributed by atoms with Gasteiger partial charge in [-0.3, -0.25) is 4.79 Å². The van der Waals surface area contributed by atoms with E-state index in [1.165, 1.54) is 0 Å². The van der Waals surface area contributed by atoms with Gasteiger partial charge in [0.2, 0.25) is 14.2 Å². The van der Waals surface area contributed by atoms with Gasteiger partial charge in [-0.2, -0.15) is 0 Å². The Morgan fingerprint density at radius 2 is 1.70 bits per heavy atom. The van der Waals surface area contributed by atoms with Crippen LogP contribution in [0.2, 0.25) is 0 Å². The van der Waals surface area contributed by atoms with E-state index in [0.29, 0.717) is 23.9 Å². The number of aryl methyl sites for hydroxylation is 3. The van der Waals surface area contributed by atoms with Gasteiger partial charge in [-0.25, -0.2) is 13.4 Å². The van der Waals surface area contributed by atoms with E-state index in [4.69, 9.17) is 0 Å². The first-order valence-corrected chi connectivity index (χ1v) is 12.8. The predicted molar refractivity (Wildman–Crippen MR) is 124 cm³/mol. The van der Waals surface area contributed by atoms with Crippen LogP contribution in [0.3, 0.4) is 0 Å². The van der Waals surface area contributed by atoms with Crippen LogP contribution in [0.1, 0.15) is 66.1 Å². The zero-order valence-electron chi connectivity index (χ0n) is 18.1. The Labute approximate surface area is 183 Å². The quantitative estimate of drug-likeness (QED) is 0.291. The minimum absolute atomic E-state index is 0.0416. The molecule has 0 radical (unpaired) electrons. The molecule has 160 valence electrons. The minimum atomic E-state index is -3.88. The third kappa shape index (κ3) is 4.65. The van der Waals surface area contributed by atoms with E-state index < -0.39 is 15.1 Å². The highest BCUT2D eigenvalue weighted by Gasteiger charge is 2.37. The molecular weight excluding hydrogens is 414 g/mol. The number of hydrogen-bond acceptors (Lipinski definition) is 5. The molecule has 0 saturated carbocycles. The monoisotopic (exact) mass is 443 g/mol. The number of fused-ring (bicyclic) bond motifs is 1. The van der Waals surface area contributed by atoms with Crippen LogP contribution >= 0.6 is 11.3 Å². The standard InChI is InChI=1S/C24H29NO3S2/c1-5-6-7-8-13-21(23(26)22-17(3)14-16(2)15-18(22)4)30(27,28)24-25-19-11-9-10-12-20(19)29-24/h9-12,14-15,21H,5-8,13H2,1-4H3. The third-order valence-corrected chi connectivity index (χ3v) is 8.98. The topological polar surface area (TPSA) is 64.1 Å². The molecule has 0 bridgehead atoms. The van der Waals surface area contributed by atoms with Crippen molar-refractivity contribution in [2.75, 3.05) is 0 Å². The molecule has 3 aromatic rings. The lowest BCUT2D eigenvalue weighted by Crippen LogP contribution is -2.31. The van der Waals surface area contributed by atoms with Gasteiger partial charge in [-0.1, -0.05) is 62.4 Å². The predicted octanol–water partition coefficient (Wildman–Crippen LogP) is 6.22. The molecule has 1 heterocycles. The van der Waals surface area contributed by atoms with E-state index in [-0.39, 0.29) is 10.1 Å². The van der Waals surface area contributed by atoms with Crippen molar-refractivity contribution in [2.45, 2.75) is 69.4 Å². The lowest BCUT2D eigenvalue weighted by Gasteiger charge is -2.18. The molecule has 0 aliphatic carbocycles. The lowest BCUT2D eigenvalue weighted by molar-refractivity contribution is 0.0981. The maximum Gasteiger partial charge on any atom is 0.215 e. The second kappa shape index (κ2) is 9.40. The number of benzene rings is 2. The van der Waals surface area contributed by atoms with E-state index in [9.17, 15) is 13.2 Å². The summed E-state index contributed by atoms with van der Waals surface area (Å²) in [5.41, 5.74) is 3.91. The Morgan fingerprint density at radius 3 is 2.33 bits per heavy atom. The molecule has 0 saturated heterocycles. The number of nitrogens with zero attached hydrogens (tertiary/aromatic N) is 1. The van der Waals surface area contributed by atoms with E-state index in [1.807, 2.05) is 51.1 Å². The van der Waals surface area contributed by atoms with Crippen molar-refractivity contribution in [3.8, 4) is 0 Å². The molecule has 0 amide bonds. The molecular formula is C24H29NO3S2. The molecule has 0 spiro atoms. The molecule has 2 aromatic carbocycles. The van der Waals surface area contributed by atoms with Gasteiger partial charge in [0.1, 0.15) is 5.25 Å². The molecule has 1 atom stereocenters. The molecule has 1 aromatic heterocycles. The van der Waals surface area contributed by atoms with Crippen LogP contribution in [0.5, 0.6) is 0 Å². The smallest absolute Gasteiger partial charge is 0.215 e. The number of carbonyl (C=O) groups excluding carboxylic acids is 1. The molecule has 30 heavy (non-hydrogen) atoms. The number of sulfone groups is 1. The summed E-state index contributed by atoms with van der Waals surface area (Å²) in [5.74, 6) is -0.305. The van der Waals surface area contributed by atoms with Crippen molar-refractivity contribution in [3.05, 3.63) is 58.7 Å². The van der Waals surface area contributed by atoms with Gasteiger partial charge < -0.3 is 0 Å². The van der Waals surface area contributed by atoms with E-state index in [2.05, 4.69) is 11.9 Å². The number of unbranched alkanes of at least 4 members (excludes halogenated alkanes) is 3. The molecule has 3 rings (SSSR count). The number of Topliss-reactive ketones (excluding diaryl/α,β-unsaturated/α-hetero) is 1. The summed E-state index contributed by atoms with van der Waals surface area (Å²) in [5, 5.41) is -1.10. The summed E-state index contributed by atoms with van der Waals surface area (Å²) in [6.45, 7) is 7.85. The average Bonchev–Trinajstić information content (AvgIpc) is 3.12. The van der Waals surface area contributed by atoms with Crippen molar-refractivity contribution in [1.29, 1.82) is 0 Å². The highest BCUT2D eigenvalue weighted by molar-refractivity contribution is 7.94. The van der Waals surface area contributed by atoms with Crippen LogP contribution < -0.4 is 0 Å². The summed E-state index contributed by atoms with van der Waals surface area (Å²) in [4.78, 5) is 18.0. The fourth-order valence-electron chi connectivity index (χ4n) is 4.01. The number of para-hydroxylation sites is 1. The van der Waals surface area contributed by atoms with Gasteiger partial charge in [-0.15, -0.1) is 11.3 Å². The van der Waals surface area contributed by atoms with Gasteiger partial charge in [0, 0.05) is 5.56 Å². The first kappa shape index (κ1) is 22.6. The van der Waals surface area contributed by atoms with Gasteiger partial charge in [0.05, 0.1) is 10.2 Å². The van der Waals surface area contributed by atoms with Crippen molar-refractivity contribution < 1.29 is 13.2 Å². The molecule has 0 aliphatic heterocycles. The van der Waals surface area contributed by atoms with E-state index >= 15 is 0 Å². The highest BCUT2D eigenvalue weighted by atomic mass is 32.2.